The summed E-state index contributed by atoms with van der Waals surface area (Å²) in [5.41, 5.74) is 1.91. The zero-order chi connectivity index (χ0) is 36.0. The van der Waals surface area contributed by atoms with Crippen LogP contribution in [-0.2, 0) is 6.42 Å². The van der Waals surface area contributed by atoms with Crippen molar-refractivity contribution in [2.24, 2.45) is 0 Å². The molecule has 4 aromatic rings. The molecule has 4 aromatic carbocycles. The minimum atomic E-state index is -0.656. The highest BCUT2D eigenvalue weighted by atomic mass is 16.3. The van der Waals surface area contributed by atoms with Crippen molar-refractivity contribution in [3.05, 3.63) is 95.1 Å². The maximum absolute atomic E-state index is 11.4. The Morgan fingerprint density at radius 3 is 1.22 bits per heavy atom. The van der Waals surface area contributed by atoms with Gasteiger partial charge in [0.15, 0.2) is 0 Å². The third-order valence-electron chi connectivity index (χ3n) is 9.94. The predicted molar refractivity (Wildman–Crippen MR) is 197 cm³/mol. The Balaban J connectivity index is 1.70. The van der Waals surface area contributed by atoms with E-state index in [0.717, 1.165) is 25.7 Å². The van der Waals surface area contributed by atoms with Gasteiger partial charge in [0.2, 0.25) is 0 Å². The minimum absolute atomic E-state index is 0.0962. The Kier molecular flexibility index (Phi) is 14.4. The molecule has 0 aliphatic carbocycles. The lowest BCUT2D eigenvalue weighted by atomic mass is 9.67. The van der Waals surface area contributed by atoms with Crippen molar-refractivity contribution < 1.29 is 40.9 Å². The molecule has 0 heterocycles. The van der Waals surface area contributed by atoms with Crippen molar-refractivity contribution in [1.29, 1.82) is 0 Å². The summed E-state index contributed by atoms with van der Waals surface area (Å²) in [6.45, 7) is 2.23. The quantitative estimate of drug-likeness (QED) is 0.0426. The van der Waals surface area contributed by atoms with E-state index >= 15 is 0 Å². The summed E-state index contributed by atoms with van der Waals surface area (Å²) in [5, 5.41) is 85.4. The predicted octanol–water partition coefficient (Wildman–Crippen LogP) is 10.3. The second-order valence-corrected chi connectivity index (χ2v) is 13.7. The largest absolute Gasteiger partial charge is 0.508 e. The molecular weight excluding hydrogens is 632 g/mol. The van der Waals surface area contributed by atoms with E-state index < -0.39 is 17.8 Å². The monoisotopic (exact) mass is 686 g/mol. The first-order chi connectivity index (χ1) is 24.1. The van der Waals surface area contributed by atoms with Gasteiger partial charge in [-0.15, -0.1) is 0 Å². The molecule has 0 aliphatic rings. The van der Waals surface area contributed by atoms with Gasteiger partial charge in [0.05, 0.1) is 0 Å². The molecule has 8 nitrogen and oxygen atoms in total. The van der Waals surface area contributed by atoms with Crippen LogP contribution in [0.2, 0.25) is 0 Å². The Morgan fingerprint density at radius 2 is 0.780 bits per heavy atom. The lowest BCUT2D eigenvalue weighted by molar-refractivity contribution is 0.363. The van der Waals surface area contributed by atoms with E-state index in [1.165, 1.54) is 99.9 Å². The molecule has 0 aromatic heterocycles. The second kappa shape index (κ2) is 18.9. The molecule has 0 bridgehead atoms. The molecule has 0 radical (unpaired) electrons. The maximum Gasteiger partial charge on any atom is 0.122 e. The SMILES string of the molecule is CCCCCCCCCCCCCCC(c1ccc(O)cc1O)C(c1ccc(O)cc1O)C(Cc1ccc(O)cc1O)c1ccc(O)cc1O. The molecule has 3 atom stereocenters. The molecule has 3 unspecified atom stereocenters. The first-order valence-corrected chi connectivity index (χ1v) is 18.2. The third kappa shape index (κ3) is 10.6. The molecule has 0 amide bonds. The Hall–Kier alpha value is -4.72. The fourth-order valence-corrected chi connectivity index (χ4v) is 7.34. The third-order valence-corrected chi connectivity index (χ3v) is 9.94. The van der Waals surface area contributed by atoms with Crippen LogP contribution in [0.3, 0.4) is 0 Å². The molecule has 0 saturated heterocycles. The van der Waals surface area contributed by atoms with Crippen LogP contribution >= 0.6 is 0 Å². The van der Waals surface area contributed by atoms with Gasteiger partial charge in [0.1, 0.15) is 46.0 Å². The second-order valence-electron chi connectivity index (χ2n) is 13.7. The standard InChI is InChI=1S/C42H54O8/c1-2-3-4-5-6-7-8-9-10-11-12-13-14-35(33-20-17-30(44)25-39(33)48)42(36-22-19-32(46)27-41(36)50)37(34-21-18-31(45)26-40(34)49)23-28-15-16-29(43)24-38(28)47/h15-22,24-27,35,37,42-50H,2-14,23H2,1H3. The molecular formula is C42H54O8. The van der Waals surface area contributed by atoms with Gasteiger partial charge in [-0.1, -0.05) is 108 Å². The molecule has 0 fully saturated rings. The molecule has 8 heteroatoms. The molecule has 270 valence electrons. The van der Waals surface area contributed by atoms with Crippen LogP contribution in [0.15, 0.2) is 72.8 Å². The first-order valence-electron chi connectivity index (χ1n) is 18.2. The average molecular weight is 687 g/mol. The van der Waals surface area contributed by atoms with Gasteiger partial charge in [-0.2, -0.15) is 0 Å². The number of benzene rings is 4. The van der Waals surface area contributed by atoms with Crippen LogP contribution in [0.1, 0.15) is 130 Å². The molecule has 0 spiro atoms. The smallest absolute Gasteiger partial charge is 0.122 e. The summed E-state index contributed by atoms with van der Waals surface area (Å²) in [6.07, 6.45) is 14.9. The van der Waals surface area contributed by atoms with Crippen molar-refractivity contribution >= 4 is 0 Å². The normalized spacial score (nSPS) is 13.2. The van der Waals surface area contributed by atoms with Crippen molar-refractivity contribution in [3.63, 3.8) is 0 Å². The fourth-order valence-electron chi connectivity index (χ4n) is 7.34. The van der Waals surface area contributed by atoms with Gasteiger partial charge < -0.3 is 40.9 Å². The molecule has 4 rings (SSSR count). The van der Waals surface area contributed by atoms with Gasteiger partial charge in [-0.05, 0) is 71.2 Å². The molecule has 8 N–H and O–H groups in total. The number of phenols is 8. The zero-order valence-electron chi connectivity index (χ0n) is 29.1. The molecule has 0 saturated carbocycles. The van der Waals surface area contributed by atoms with Gasteiger partial charge >= 0.3 is 0 Å². The van der Waals surface area contributed by atoms with E-state index in [0.29, 0.717) is 28.7 Å². The zero-order valence-corrected chi connectivity index (χ0v) is 29.1. The Labute approximate surface area is 296 Å². The Bertz CT molecular complexity index is 1650. The van der Waals surface area contributed by atoms with Gasteiger partial charge in [-0.25, -0.2) is 0 Å². The highest BCUT2D eigenvalue weighted by Crippen LogP contribution is 2.53. The average Bonchev–Trinajstić information content (AvgIpc) is 3.06. The van der Waals surface area contributed by atoms with Crippen LogP contribution in [0.5, 0.6) is 46.0 Å². The lowest BCUT2D eigenvalue weighted by Crippen LogP contribution is -2.22. The van der Waals surface area contributed by atoms with E-state index in [4.69, 9.17) is 0 Å². The number of aromatic hydroxyl groups is 8. The van der Waals surface area contributed by atoms with Crippen molar-refractivity contribution in [3.8, 4) is 46.0 Å². The van der Waals surface area contributed by atoms with E-state index in [2.05, 4.69) is 6.92 Å². The van der Waals surface area contributed by atoms with Crippen LogP contribution < -0.4 is 0 Å². The first kappa shape index (κ1) is 38.1. The summed E-state index contributed by atoms with van der Waals surface area (Å²) < 4.78 is 0. The summed E-state index contributed by atoms with van der Waals surface area (Å²) in [7, 11) is 0. The molecule has 0 aliphatic heterocycles. The maximum atomic E-state index is 11.4. The highest BCUT2D eigenvalue weighted by Gasteiger charge is 2.37. The van der Waals surface area contributed by atoms with Gasteiger partial charge in [0.25, 0.3) is 0 Å². The van der Waals surface area contributed by atoms with E-state index in [1.54, 1.807) is 24.3 Å². The number of unbranched alkanes of at least 4 members (excludes halogenated alkanes) is 11. The van der Waals surface area contributed by atoms with Crippen LogP contribution in [0.25, 0.3) is 0 Å². The fraction of sp³-hybridized carbons (Fsp3) is 0.429. The lowest BCUT2D eigenvalue weighted by Gasteiger charge is -2.36. The van der Waals surface area contributed by atoms with Gasteiger partial charge in [-0.3, -0.25) is 0 Å². The highest BCUT2D eigenvalue weighted by molar-refractivity contribution is 5.52. The van der Waals surface area contributed by atoms with E-state index in [1.807, 2.05) is 0 Å². The van der Waals surface area contributed by atoms with Crippen LogP contribution in [0.4, 0.5) is 0 Å². The topological polar surface area (TPSA) is 162 Å². The minimum Gasteiger partial charge on any atom is -0.508 e. The summed E-state index contributed by atoms with van der Waals surface area (Å²) in [5.74, 6) is -2.86. The summed E-state index contributed by atoms with van der Waals surface area (Å²) >= 11 is 0. The Morgan fingerprint density at radius 1 is 0.400 bits per heavy atom. The van der Waals surface area contributed by atoms with Crippen molar-refractivity contribution in [1.82, 2.24) is 0 Å². The van der Waals surface area contributed by atoms with Crippen LogP contribution in [-0.4, -0.2) is 40.9 Å². The van der Waals surface area contributed by atoms with Crippen LogP contribution in [0, 0.1) is 0 Å². The number of hydrogen-bond donors (Lipinski definition) is 8. The van der Waals surface area contributed by atoms with E-state index in [-0.39, 0.29) is 52.4 Å². The summed E-state index contributed by atoms with van der Waals surface area (Å²) in [6, 6.07) is 17.4. The molecule has 50 heavy (non-hydrogen) atoms. The van der Waals surface area contributed by atoms with Crippen molar-refractivity contribution in [2.75, 3.05) is 0 Å². The summed E-state index contributed by atoms with van der Waals surface area (Å²) in [4.78, 5) is 0. The van der Waals surface area contributed by atoms with Crippen molar-refractivity contribution in [2.45, 2.75) is 115 Å². The van der Waals surface area contributed by atoms with E-state index in [9.17, 15) is 40.9 Å². The van der Waals surface area contributed by atoms with Gasteiger partial charge in [0, 0.05) is 30.2 Å². The number of hydrogen-bond acceptors (Lipinski definition) is 8. The number of rotatable bonds is 20. The number of phenolic OH excluding ortho intramolecular Hbond substituents is 8.